The molecule has 2 atom stereocenters. The summed E-state index contributed by atoms with van der Waals surface area (Å²) in [5.41, 5.74) is 3.10. The highest BCUT2D eigenvalue weighted by molar-refractivity contribution is 5.26. The van der Waals surface area contributed by atoms with Crippen molar-refractivity contribution in [2.75, 3.05) is 0 Å². The number of hydrogen-bond acceptors (Lipinski definition) is 0. The van der Waals surface area contributed by atoms with E-state index in [-0.39, 0.29) is 0 Å². The van der Waals surface area contributed by atoms with Crippen LogP contribution in [0.15, 0.2) is 48.6 Å². The molecule has 2 aliphatic carbocycles. The summed E-state index contributed by atoms with van der Waals surface area (Å²) in [4.78, 5) is 0. The van der Waals surface area contributed by atoms with E-state index in [0.29, 0.717) is 5.92 Å². The molecule has 0 spiro atoms. The third-order valence-electron chi connectivity index (χ3n) is 6.95. The Morgan fingerprint density at radius 3 is 2.22 bits per heavy atom. The first-order valence-electron chi connectivity index (χ1n) is 11.7. The molecule has 0 heteroatoms. The van der Waals surface area contributed by atoms with Crippen LogP contribution in [0.5, 0.6) is 0 Å². The van der Waals surface area contributed by atoms with Crippen molar-refractivity contribution in [3.63, 3.8) is 0 Å². The topological polar surface area (TPSA) is 0 Å². The molecule has 1 saturated carbocycles. The van der Waals surface area contributed by atoms with Crippen LogP contribution in [0.3, 0.4) is 0 Å². The Balaban J connectivity index is 1.43. The molecule has 148 valence electrons. The quantitative estimate of drug-likeness (QED) is 0.322. The summed E-state index contributed by atoms with van der Waals surface area (Å²) in [6.45, 7) is 4.59. The predicted octanol–water partition coefficient (Wildman–Crippen LogP) is 8.24. The fourth-order valence-corrected chi connectivity index (χ4v) is 4.88. The summed E-state index contributed by atoms with van der Waals surface area (Å²) in [6.07, 6.45) is 24.7. The van der Waals surface area contributed by atoms with Gasteiger partial charge < -0.3 is 0 Å². The first kappa shape index (κ1) is 20.4. The maximum absolute atomic E-state index is 2.55. The molecule has 2 aliphatic rings. The van der Waals surface area contributed by atoms with Crippen LogP contribution in [-0.4, -0.2) is 0 Å². The van der Waals surface area contributed by atoms with Gasteiger partial charge in [0.2, 0.25) is 0 Å². The lowest BCUT2D eigenvalue weighted by atomic mass is 9.78. The Labute approximate surface area is 168 Å². The summed E-state index contributed by atoms with van der Waals surface area (Å²) in [5.74, 6) is 3.14. The lowest BCUT2D eigenvalue weighted by molar-refractivity contribution is 0.374. The van der Waals surface area contributed by atoms with Gasteiger partial charge in [-0.3, -0.25) is 0 Å². The van der Waals surface area contributed by atoms with Gasteiger partial charge in [0.25, 0.3) is 0 Å². The van der Waals surface area contributed by atoms with Crippen LogP contribution in [0.4, 0.5) is 0 Å². The minimum absolute atomic E-state index is 0.700. The summed E-state index contributed by atoms with van der Waals surface area (Å²) in [7, 11) is 0. The molecule has 1 aromatic rings. The molecular formula is C27H40. The standard InChI is InChI=1S/C27H40/c1-3-5-6-7-23-14-18-26(19-15-23)27-20-16-25(17-21-27)13-12-24-10-8-22(4-2)9-11-24/h8,10,12-15,18-19,22,24-25,27H,3-7,9,11,16-17,20-21H2,1-2H3/b13-12+. The minimum Gasteiger partial charge on any atom is -0.0848 e. The molecule has 0 aromatic heterocycles. The highest BCUT2D eigenvalue weighted by Crippen LogP contribution is 2.37. The van der Waals surface area contributed by atoms with Crippen molar-refractivity contribution in [2.24, 2.45) is 17.8 Å². The maximum atomic E-state index is 2.55. The van der Waals surface area contributed by atoms with Crippen LogP contribution in [0.2, 0.25) is 0 Å². The van der Waals surface area contributed by atoms with Crippen molar-refractivity contribution in [2.45, 2.75) is 90.4 Å². The Bertz CT molecular complexity index is 583. The van der Waals surface area contributed by atoms with E-state index in [2.05, 4.69) is 62.4 Å². The zero-order valence-corrected chi connectivity index (χ0v) is 17.7. The van der Waals surface area contributed by atoms with Crippen molar-refractivity contribution in [3.8, 4) is 0 Å². The molecule has 1 aromatic carbocycles. The summed E-state index contributed by atoms with van der Waals surface area (Å²) in [6, 6.07) is 9.60. The van der Waals surface area contributed by atoms with E-state index < -0.39 is 0 Å². The monoisotopic (exact) mass is 364 g/mol. The summed E-state index contributed by atoms with van der Waals surface area (Å²) < 4.78 is 0. The summed E-state index contributed by atoms with van der Waals surface area (Å²) >= 11 is 0. The SMILES string of the molecule is CCCCCc1ccc(C2CCC(/C=C/C3C=CC(CC)CC3)CC2)cc1. The van der Waals surface area contributed by atoms with Gasteiger partial charge in [0.05, 0.1) is 0 Å². The average molecular weight is 365 g/mol. The second-order valence-corrected chi connectivity index (χ2v) is 8.99. The van der Waals surface area contributed by atoms with E-state index in [4.69, 9.17) is 0 Å². The first-order chi connectivity index (χ1) is 13.3. The Kier molecular flexibility index (Phi) is 8.24. The van der Waals surface area contributed by atoms with Gasteiger partial charge in [0.1, 0.15) is 0 Å². The average Bonchev–Trinajstić information content (AvgIpc) is 2.74. The van der Waals surface area contributed by atoms with Gasteiger partial charge in [-0.25, -0.2) is 0 Å². The Morgan fingerprint density at radius 1 is 0.815 bits per heavy atom. The van der Waals surface area contributed by atoms with E-state index >= 15 is 0 Å². The van der Waals surface area contributed by atoms with Gasteiger partial charge >= 0.3 is 0 Å². The van der Waals surface area contributed by atoms with Crippen LogP contribution in [0, 0.1) is 17.8 Å². The molecule has 0 N–H and O–H groups in total. The molecule has 1 fully saturated rings. The number of unbranched alkanes of at least 4 members (excludes halogenated alkanes) is 2. The molecule has 27 heavy (non-hydrogen) atoms. The smallest absolute Gasteiger partial charge is 0.00531 e. The molecule has 0 heterocycles. The minimum atomic E-state index is 0.700. The summed E-state index contributed by atoms with van der Waals surface area (Å²) in [5, 5.41) is 0. The Hall–Kier alpha value is -1.30. The van der Waals surface area contributed by atoms with Crippen LogP contribution in [-0.2, 0) is 6.42 Å². The molecule has 0 radical (unpaired) electrons. The van der Waals surface area contributed by atoms with Gasteiger partial charge in [-0.1, -0.05) is 75.3 Å². The van der Waals surface area contributed by atoms with Gasteiger partial charge in [-0.2, -0.15) is 0 Å². The van der Waals surface area contributed by atoms with E-state index in [1.165, 1.54) is 76.2 Å². The van der Waals surface area contributed by atoms with Gasteiger partial charge in [-0.15, -0.1) is 0 Å². The van der Waals surface area contributed by atoms with Crippen LogP contribution in [0.1, 0.15) is 95.1 Å². The number of aryl methyl sites for hydroxylation is 1. The highest BCUT2D eigenvalue weighted by Gasteiger charge is 2.21. The number of allylic oxidation sites excluding steroid dienone is 4. The normalized spacial score (nSPS) is 28.7. The highest BCUT2D eigenvalue weighted by atomic mass is 14.3. The van der Waals surface area contributed by atoms with E-state index in [1.807, 2.05) is 0 Å². The van der Waals surface area contributed by atoms with Crippen molar-refractivity contribution in [1.82, 2.24) is 0 Å². The van der Waals surface area contributed by atoms with E-state index in [9.17, 15) is 0 Å². The van der Waals surface area contributed by atoms with Crippen LogP contribution >= 0.6 is 0 Å². The Morgan fingerprint density at radius 2 is 1.59 bits per heavy atom. The van der Waals surface area contributed by atoms with Gasteiger partial charge in [0, 0.05) is 0 Å². The van der Waals surface area contributed by atoms with Crippen LogP contribution in [0.25, 0.3) is 0 Å². The second kappa shape index (κ2) is 10.9. The van der Waals surface area contributed by atoms with Crippen molar-refractivity contribution in [1.29, 1.82) is 0 Å². The number of rotatable bonds is 8. The number of benzene rings is 1. The van der Waals surface area contributed by atoms with E-state index in [0.717, 1.165) is 17.8 Å². The largest absolute Gasteiger partial charge is 0.0848 e. The molecule has 0 saturated heterocycles. The third kappa shape index (κ3) is 6.37. The molecule has 2 unspecified atom stereocenters. The second-order valence-electron chi connectivity index (χ2n) is 8.99. The fourth-order valence-electron chi connectivity index (χ4n) is 4.88. The lowest BCUT2D eigenvalue weighted by Crippen LogP contribution is -2.12. The fraction of sp³-hybridized carbons (Fsp3) is 0.630. The molecule has 0 bridgehead atoms. The zero-order chi connectivity index (χ0) is 18.9. The third-order valence-corrected chi connectivity index (χ3v) is 6.95. The predicted molar refractivity (Wildman–Crippen MR) is 119 cm³/mol. The lowest BCUT2D eigenvalue weighted by Gasteiger charge is -2.28. The zero-order valence-electron chi connectivity index (χ0n) is 17.7. The number of hydrogen-bond donors (Lipinski definition) is 0. The molecule has 0 aliphatic heterocycles. The molecular weight excluding hydrogens is 324 g/mol. The van der Waals surface area contributed by atoms with Crippen molar-refractivity contribution in [3.05, 3.63) is 59.7 Å². The van der Waals surface area contributed by atoms with E-state index in [1.54, 1.807) is 5.56 Å². The maximum Gasteiger partial charge on any atom is -0.00531 e. The molecule has 0 amide bonds. The van der Waals surface area contributed by atoms with Crippen LogP contribution < -0.4 is 0 Å². The van der Waals surface area contributed by atoms with Gasteiger partial charge in [0.15, 0.2) is 0 Å². The van der Waals surface area contributed by atoms with Gasteiger partial charge in [-0.05, 0) is 92.6 Å². The van der Waals surface area contributed by atoms with Crippen molar-refractivity contribution >= 4 is 0 Å². The molecule has 0 nitrogen and oxygen atoms in total. The van der Waals surface area contributed by atoms with Crippen molar-refractivity contribution < 1.29 is 0 Å². The molecule has 3 rings (SSSR count). The first-order valence-corrected chi connectivity index (χ1v) is 11.7.